The zero-order valence-electron chi connectivity index (χ0n) is 8.75. The maximum absolute atomic E-state index is 11.6. The van der Waals surface area contributed by atoms with E-state index in [-0.39, 0.29) is 6.03 Å². The monoisotopic (exact) mass is 197 g/mol. The van der Waals surface area contributed by atoms with E-state index in [1.54, 1.807) is 0 Å². The molecule has 2 rings (SSSR count). The number of nitrogens with zero attached hydrogens (tertiary/aromatic N) is 1. The second-order valence-electron chi connectivity index (χ2n) is 4.42. The van der Waals surface area contributed by atoms with Crippen molar-refractivity contribution in [1.82, 2.24) is 15.5 Å². The Morgan fingerprint density at radius 2 is 2.07 bits per heavy atom. The van der Waals surface area contributed by atoms with Crippen LogP contribution in [0.4, 0.5) is 4.79 Å². The highest BCUT2D eigenvalue weighted by atomic mass is 16.2. The van der Waals surface area contributed by atoms with Crippen molar-refractivity contribution in [2.24, 2.45) is 5.92 Å². The molecular weight excluding hydrogens is 178 g/mol. The van der Waals surface area contributed by atoms with Crippen LogP contribution in [0.2, 0.25) is 0 Å². The number of rotatable bonds is 1. The summed E-state index contributed by atoms with van der Waals surface area (Å²) in [5, 5.41) is 6.27. The Kier molecular flexibility index (Phi) is 2.91. The summed E-state index contributed by atoms with van der Waals surface area (Å²) in [6.45, 7) is 6.04. The lowest BCUT2D eigenvalue weighted by Gasteiger charge is -2.39. The molecule has 1 unspecified atom stereocenters. The average molecular weight is 197 g/mol. The van der Waals surface area contributed by atoms with E-state index in [4.69, 9.17) is 0 Å². The average Bonchev–Trinajstić information content (AvgIpc) is 2.23. The van der Waals surface area contributed by atoms with Crippen molar-refractivity contribution in [2.45, 2.75) is 25.8 Å². The van der Waals surface area contributed by atoms with Gasteiger partial charge in [0.25, 0.3) is 0 Å². The molecule has 14 heavy (non-hydrogen) atoms. The van der Waals surface area contributed by atoms with Crippen LogP contribution < -0.4 is 10.6 Å². The predicted molar refractivity (Wildman–Crippen MR) is 55.2 cm³/mol. The molecule has 1 atom stereocenters. The van der Waals surface area contributed by atoms with Gasteiger partial charge in [-0.1, -0.05) is 6.92 Å². The van der Waals surface area contributed by atoms with Crippen molar-refractivity contribution in [1.29, 1.82) is 0 Å². The van der Waals surface area contributed by atoms with Crippen molar-refractivity contribution in [3.05, 3.63) is 0 Å². The van der Waals surface area contributed by atoms with Gasteiger partial charge in [0.05, 0.1) is 0 Å². The van der Waals surface area contributed by atoms with Gasteiger partial charge >= 0.3 is 6.03 Å². The summed E-state index contributed by atoms with van der Waals surface area (Å²) < 4.78 is 0. The van der Waals surface area contributed by atoms with E-state index in [9.17, 15) is 4.79 Å². The minimum Gasteiger partial charge on any atom is -0.338 e. The number of piperidine rings is 1. The number of amides is 2. The van der Waals surface area contributed by atoms with Crippen LogP contribution in [0.3, 0.4) is 0 Å². The van der Waals surface area contributed by atoms with Crippen molar-refractivity contribution < 1.29 is 4.79 Å². The highest BCUT2D eigenvalue weighted by Gasteiger charge is 2.29. The van der Waals surface area contributed by atoms with Gasteiger partial charge in [-0.05, 0) is 31.8 Å². The van der Waals surface area contributed by atoms with Crippen molar-refractivity contribution in [2.75, 3.05) is 26.2 Å². The van der Waals surface area contributed by atoms with Gasteiger partial charge in [0, 0.05) is 19.1 Å². The van der Waals surface area contributed by atoms with Gasteiger partial charge in [0.15, 0.2) is 0 Å². The molecule has 0 bridgehead atoms. The molecule has 2 saturated heterocycles. The molecule has 2 N–H and O–H groups in total. The first-order valence-electron chi connectivity index (χ1n) is 5.52. The van der Waals surface area contributed by atoms with E-state index in [0.717, 1.165) is 39.0 Å². The van der Waals surface area contributed by atoms with Gasteiger partial charge in [-0.15, -0.1) is 0 Å². The molecule has 0 aromatic carbocycles. The topological polar surface area (TPSA) is 44.4 Å². The zero-order chi connectivity index (χ0) is 9.97. The molecule has 4 heteroatoms. The maximum atomic E-state index is 11.6. The summed E-state index contributed by atoms with van der Waals surface area (Å²) in [4.78, 5) is 13.7. The Labute approximate surface area is 85.0 Å². The second-order valence-corrected chi connectivity index (χ2v) is 4.42. The molecule has 80 valence electrons. The quantitative estimate of drug-likeness (QED) is 0.639. The third-order valence-corrected chi connectivity index (χ3v) is 3.12. The molecule has 0 radical (unpaired) electrons. The molecule has 2 aliphatic rings. The highest BCUT2D eigenvalue weighted by Crippen LogP contribution is 2.16. The SMILES string of the molecule is CC1CNC(=O)N(C2CCNCC2)C1. The van der Waals surface area contributed by atoms with Gasteiger partial charge in [-0.3, -0.25) is 0 Å². The lowest BCUT2D eigenvalue weighted by atomic mass is 10.0. The fourth-order valence-electron chi connectivity index (χ4n) is 2.28. The Hall–Kier alpha value is -0.770. The second kappa shape index (κ2) is 4.17. The van der Waals surface area contributed by atoms with E-state index in [1.165, 1.54) is 0 Å². The van der Waals surface area contributed by atoms with E-state index in [2.05, 4.69) is 17.6 Å². The van der Waals surface area contributed by atoms with Crippen LogP contribution in [0.5, 0.6) is 0 Å². The lowest BCUT2D eigenvalue weighted by molar-refractivity contribution is 0.130. The smallest absolute Gasteiger partial charge is 0.317 e. The van der Waals surface area contributed by atoms with Gasteiger partial charge in [0.2, 0.25) is 0 Å². The van der Waals surface area contributed by atoms with E-state index in [1.807, 2.05) is 4.90 Å². The Balaban J connectivity index is 1.96. The predicted octanol–water partition coefficient (Wildman–Crippen LogP) is 0.400. The zero-order valence-corrected chi connectivity index (χ0v) is 8.75. The number of nitrogens with one attached hydrogen (secondary N) is 2. The molecule has 2 heterocycles. The van der Waals surface area contributed by atoms with Crippen LogP contribution in [0.25, 0.3) is 0 Å². The van der Waals surface area contributed by atoms with Crippen LogP contribution >= 0.6 is 0 Å². The molecule has 0 spiro atoms. The first-order valence-corrected chi connectivity index (χ1v) is 5.52. The Morgan fingerprint density at radius 3 is 2.79 bits per heavy atom. The summed E-state index contributed by atoms with van der Waals surface area (Å²) >= 11 is 0. The first kappa shape index (κ1) is 9.77. The standard InChI is InChI=1S/C10H19N3O/c1-8-6-12-10(14)13(7-8)9-2-4-11-5-3-9/h8-9,11H,2-7H2,1H3,(H,12,14). The molecule has 0 aromatic rings. The minimum absolute atomic E-state index is 0.134. The van der Waals surface area contributed by atoms with Crippen LogP contribution in [0.1, 0.15) is 19.8 Å². The molecule has 2 aliphatic heterocycles. The molecular formula is C10H19N3O. The number of carbonyl (C=O) groups excluding carboxylic acids is 1. The highest BCUT2D eigenvalue weighted by molar-refractivity contribution is 5.75. The number of hydrogen-bond donors (Lipinski definition) is 2. The van der Waals surface area contributed by atoms with Crippen molar-refractivity contribution in [3.63, 3.8) is 0 Å². The molecule has 0 aliphatic carbocycles. The maximum Gasteiger partial charge on any atom is 0.317 e. The number of hydrogen-bond acceptors (Lipinski definition) is 2. The Morgan fingerprint density at radius 1 is 1.36 bits per heavy atom. The number of urea groups is 1. The van der Waals surface area contributed by atoms with Crippen LogP contribution in [-0.2, 0) is 0 Å². The molecule has 2 fully saturated rings. The third kappa shape index (κ3) is 2.00. The number of carbonyl (C=O) groups is 1. The van der Waals surface area contributed by atoms with E-state index >= 15 is 0 Å². The molecule has 4 nitrogen and oxygen atoms in total. The van der Waals surface area contributed by atoms with Crippen LogP contribution in [0.15, 0.2) is 0 Å². The summed E-state index contributed by atoms with van der Waals surface area (Å²) in [6.07, 6.45) is 2.19. The normalized spacial score (nSPS) is 30.2. The summed E-state index contributed by atoms with van der Waals surface area (Å²) in [6, 6.07) is 0.592. The minimum atomic E-state index is 0.134. The third-order valence-electron chi connectivity index (χ3n) is 3.12. The summed E-state index contributed by atoms with van der Waals surface area (Å²) in [5.74, 6) is 0.586. The Bertz CT molecular complexity index is 213. The van der Waals surface area contributed by atoms with Gasteiger partial charge in [0.1, 0.15) is 0 Å². The fourth-order valence-corrected chi connectivity index (χ4v) is 2.28. The van der Waals surface area contributed by atoms with E-state index < -0.39 is 0 Å². The van der Waals surface area contributed by atoms with Crippen molar-refractivity contribution in [3.8, 4) is 0 Å². The lowest BCUT2D eigenvalue weighted by Crippen LogP contribution is -2.56. The van der Waals surface area contributed by atoms with Gasteiger partial charge in [-0.25, -0.2) is 4.79 Å². The fraction of sp³-hybridized carbons (Fsp3) is 0.900. The largest absolute Gasteiger partial charge is 0.338 e. The van der Waals surface area contributed by atoms with Gasteiger partial charge < -0.3 is 15.5 Å². The van der Waals surface area contributed by atoms with Crippen LogP contribution in [-0.4, -0.2) is 43.2 Å². The molecule has 0 aromatic heterocycles. The van der Waals surface area contributed by atoms with Crippen LogP contribution in [0, 0.1) is 5.92 Å². The molecule has 0 saturated carbocycles. The van der Waals surface area contributed by atoms with Crippen molar-refractivity contribution >= 4 is 6.03 Å². The van der Waals surface area contributed by atoms with E-state index in [0.29, 0.717) is 12.0 Å². The summed E-state index contributed by atoms with van der Waals surface area (Å²) in [5.41, 5.74) is 0. The van der Waals surface area contributed by atoms with Gasteiger partial charge in [-0.2, -0.15) is 0 Å². The molecule has 2 amide bonds. The summed E-state index contributed by atoms with van der Waals surface area (Å²) in [7, 11) is 0. The first-order chi connectivity index (χ1) is 6.77.